The number of nitrogen functional groups attached to an aromatic ring is 1. The number of thiophene rings is 1. The van der Waals surface area contributed by atoms with E-state index in [-0.39, 0.29) is 11.2 Å². The number of nitrogens with two attached hydrogens (primary N) is 1. The second kappa shape index (κ2) is 8.66. The fraction of sp³-hybridized carbons (Fsp3) is 0.300. The standard InChI is InChI=1S/C20H21ClN8OS/c21-18-24-15-7-12-31-16(15)17(25-18)29-19(22)26-20(27-29)23-13-3-5-14(6-4-13)30-11-10-28-8-1-2-9-28/h3-7,12H,1-2,8-11H2,(H3,22,23,26,27). The highest BCUT2D eigenvalue weighted by Crippen LogP contribution is 2.28. The molecular formula is C20H21ClN8OS. The Morgan fingerprint density at radius 1 is 1.10 bits per heavy atom. The Bertz CT molecular complexity index is 1190. The Kier molecular flexibility index (Phi) is 5.58. The van der Waals surface area contributed by atoms with Crippen molar-refractivity contribution in [3.8, 4) is 11.6 Å². The molecule has 0 bridgehead atoms. The lowest BCUT2D eigenvalue weighted by atomic mass is 10.3. The first-order chi connectivity index (χ1) is 15.2. The fourth-order valence-electron chi connectivity index (χ4n) is 3.56. The van der Waals surface area contributed by atoms with Crippen molar-refractivity contribution in [3.05, 3.63) is 41.0 Å². The van der Waals surface area contributed by atoms with Gasteiger partial charge in [-0.2, -0.15) is 14.6 Å². The SMILES string of the molecule is Nc1nc(Nc2ccc(OCCN3CCCC3)cc2)nn1-c1nc(Cl)nc2ccsc12. The van der Waals surface area contributed by atoms with E-state index in [0.29, 0.717) is 18.4 Å². The van der Waals surface area contributed by atoms with Crippen molar-refractivity contribution >= 4 is 50.7 Å². The highest BCUT2D eigenvalue weighted by molar-refractivity contribution is 7.17. The number of hydrogen-bond donors (Lipinski definition) is 2. The molecule has 0 radical (unpaired) electrons. The van der Waals surface area contributed by atoms with Crippen LogP contribution in [-0.2, 0) is 0 Å². The highest BCUT2D eigenvalue weighted by atomic mass is 35.5. The largest absolute Gasteiger partial charge is 0.492 e. The minimum atomic E-state index is 0.130. The van der Waals surface area contributed by atoms with Crippen LogP contribution in [0.1, 0.15) is 12.8 Å². The van der Waals surface area contributed by atoms with Crippen molar-refractivity contribution in [3.63, 3.8) is 0 Å². The van der Waals surface area contributed by atoms with Crippen molar-refractivity contribution < 1.29 is 4.74 Å². The molecule has 1 aliphatic rings. The van der Waals surface area contributed by atoms with Gasteiger partial charge in [-0.25, -0.2) is 4.98 Å². The lowest BCUT2D eigenvalue weighted by molar-refractivity contribution is 0.238. The van der Waals surface area contributed by atoms with E-state index in [0.717, 1.165) is 28.2 Å². The number of aromatic nitrogens is 5. The molecule has 1 fully saturated rings. The summed E-state index contributed by atoms with van der Waals surface area (Å²) in [4.78, 5) is 15.2. The van der Waals surface area contributed by atoms with Crippen molar-refractivity contribution in [1.29, 1.82) is 0 Å². The molecule has 4 heterocycles. The van der Waals surface area contributed by atoms with Gasteiger partial charge in [-0.05, 0) is 73.2 Å². The minimum Gasteiger partial charge on any atom is -0.492 e. The maximum Gasteiger partial charge on any atom is 0.248 e. The predicted octanol–water partition coefficient (Wildman–Crippen LogP) is 3.73. The van der Waals surface area contributed by atoms with Gasteiger partial charge in [0.2, 0.25) is 17.2 Å². The molecule has 3 N–H and O–H groups in total. The minimum absolute atomic E-state index is 0.130. The van der Waals surface area contributed by atoms with E-state index in [9.17, 15) is 0 Å². The van der Waals surface area contributed by atoms with E-state index in [4.69, 9.17) is 22.1 Å². The summed E-state index contributed by atoms with van der Waals surface area (Å²) in [5, 5.41) is 9.66. The summed E-state index contributed by atoms with van der Waals surface area (Å²) in [5.74, 6) is 1.90. The van der Waals surface area contributed by atoms with Gasteiger partial charge in [0.05, 0.1) is 10.2 Å². The average molecular weight is 457 g/mol. The Morgan fingerprint density at radius 2 is 1.90 bits per heavy atom. The van der Waals surface area contributed by atoms with E-state index >= 15 is 0 Å². The molecule has 0 unspecified atom stereocenters. The molecule has 160 valence electrons. The monoisotopic (exact) mass is 456 g/mol. The van der Waals surface area contributed by atoms with Crippen LogP contribution in [0.25, 0.3) is 16.0 Å². The molecule has 1 aromatic carbocycles. The van der Waals surface area contributed by atoms with Crippen molar-refractivity contribution in [2.24, 2.45) is 0 Å². The molecule has 9 nitrogen and oxygen atoms in total. The average Bonchev–Trinajstić information content (AvgIpc) is 3.50. The van der Waals surface area contributed by atoms with Gasteiger partial charge in [-0.15, -0.1) is 16.4 Å². The maximum atomic E-state index is 6.09. The molecule has 5 rings (SSSR count). The Balaban J connectivity index is 1.27. The number of likely N-dealkylation sites (tertiary alicyclic amines) is 1. The van der Waals surface area contributed by atoms with Crippen LogP contribution in [0.4, 0.5) is 17.6 Å². The van der Waals surface area contributed by atoms with E-state index in [1.54, 1.807) is 0 Å². The number of halogens is 1. The first-order valence-corrected chi connectivity index (χ1v) is 11.3. The number of benzene rings is 1. The fourth-order valence-corrected chi connectivity index (χ4v) is 4.54. The lowest BCUT2D eigenvalue weighted by Crippen LogP contribution is -2.25. The lowest BCUT2D eigenvalue weighted by Gasteiger charge is -2.15. The van der Waals surface area contributed by atoms with E-state index < -0.39 is 0 Å². The molecule has 0 atom stereocenters. The molecule has 1 saturated heterocycles. The number of hydrogen-bond acceptors (Lipinski definition) is 9. The Morgan fingerprint density at radius 3 is 2.71 bits per heavy atom. The van der Waals surface area contributed by atoms with Crippen LogP contribution in [0.5, 0.6) is 5.75 Å². The maximum absolute atomic E-state index is 6.09. The molecule has 31 heavy (non-hydrogen) atoms. The zero-order valence-corrected chi connectivity index (χ0v) is 18.2. The molecule has 1 aliphatic heterocycles. The normalized spacial score (nSPS) is 14.4. The molecular weight excluding hydrogens is 436 g/mol. The number of ether oxygens (including phenoxy) is 1. The zero-order chi connectivity index (χ0) is 21.2. The smallest absolute Gasteiger partial charge is 0.248 e. The van der Waals surface area contributed by atoms with Gasteiger partial charge in [0.15, 0.2) is 5.82 Å². The second-order valence-electron chi connectivity index (χ2n) is 7.20. The number of fused-ring (bicyclic) bond motifs is 1. The van der Waals surface area contributed by atoms with Gasteiger partial charge in [-0.3, -0.25) is 4.90 Å². The van der Waals surface area contributed by atoms with Gasteiger partial charge < -0.3 is 15.8 Å². The van der Waals surface area contributed by atoms with E-state index in [1.807, 2.05) is 35.7 Å². The zero-order valence-electron chi connectivity index (χ0n) is 16.7. The van der Waals surface area contributed by atoms with Crippen molar-refractivity contribution in [2.45, 2.75) is 12.8 Å². The summed E-state index contributed by atoms with van der Waals surface area (Å²) < 4.78 is 8.15. The molecule has 0 saturated carbocycles. The third-order valence-electron chi connectivity index (χ3n) is 5.08. The van der Waals surface area contributed by atoms with Crippen LogP contribution in [0.2, 0.25) is 5.28 Å². The first kappa shape index (κ1) is 20.0. The van der Waals surface area contributed by atoms with Crippen molar-refractivity contribution in [2.75, 3.05) is 37.3 Å². The first-order valence-electron chi connectivity index (χ1n) is 10.0. The van der Waals surface area contributed by atoms with Crippen molar-refractivity contribution in [1.82, 2.24) is 29.6 Å². The molecule has 0 spiro atoms. The summed E-state index contributed by atoms with van der Waals surface area (Å²) in [5.41, 5.74) is 7.66. The predicted molar refractivity (Wildman–Crippen MR) is 123 cm³/mol. The third-order valence-corrected chi connectivity index (χ3v) is 6.15. The van der Waals surface area contributed by atoms with E-state index in [1.165, 1.54) is 41.9 Å². The van der Waals surface area contributed by atoms with Crippen LogP contribution in [0.15, 0.2) is 35.7 Å². The van der Waals surface area contributed by atoms with E-state index in [2.05, 4.69) is 30.3 Å². The van der Waals surface area contributed by atoms with Crippen LogP contribution in [-0.4, -0.2) is 55.9 Å². The number of nitrogens with one attached hydrogen (secondary N) is 1. The topological polar surface area (TPSA) is 107 Å². The van der Waals surface area contributed by atoms with Gasteiger partial charge in [0, 0.05) is 12.2 Å². The molecule has 0 amide bonds. The van der Waals surface area contributed by atoms with Gasteiger partial charge in [0.25, 0.3) is 0 Å². The van der Waals surface area contributed by atoms with Gasteiger partial charge >= 0.3 is 0 Å². The second-order valence-corrected chi connectivity index (χ2v) is 8.46. The Hall–Kier alpha value is -2.95. The molecule has 0 aliphatic carbocycles. The third kappa shape index (κ3) is 4.41. The molecule has 3 aromatic heterocycles. The van der Waals surface area contributed by atoms with Crippen LogP contribution < -0.4 is 15.8 Å². The van der Waals surface area contributed by atoms with Crippen LogP contribution >= 0.6 is 22.9 Å². The summed E-state index contributed by atoms with van der Waals surface area (Å²) >= 11 is 7.55. The summed E-state index contributed by atoms with van der Waals surface area (Å²) in [7, 11) is 0. The summed E-state index contributed by atoms with van der Waals surface area (Å²) in [6, 6.07) is 9.55. The van der Waals surface area contributed by atoms with Crippen LogP contribution in [0, 0.1) is 0 Å². The summed E-state index contributed by atoms with van der Waals surface area (Å²) in [6.45, 7) is 4.00. The quantitative estimate of drug-likeness (QED) is 0.405. The van der Waals surface area contributed by atoms with Crippen LogP contribution in [0.3, 0.4) is 0 Å². The number of anilines is 3. The molecule has 4 aromatic rings. The number of nitrogens with zero attached hydrogens (tertiary/aromatic N) is 6. The Labute approximate surface area is 187 Å². The summed E-state index contributed by atoms with van der Waals surface area (Å²) in [6.07, 6.45) is 2.58. The van der Waals surface area contributed by atoms with Gasteiger partial charge in [0.1, 0.15) is 12.4 Å². The number of rotatable bonds is 7. The highest BCUT2D eigenvalue weighted by Gasteiger charge is 2.16. The van der Waals surface area contributed by atoms with Gasteiger partial charge in [-0.1, -0.05) is 0 Å². The molecule has 11 heteroatoms.